The molecule has 0 saturated carbocycles. The summed E-state index contributed by atoms with van der Waals surface area (Å²) in [5.41, 5.74) is 2.89. The van der Waals surface area contributed by atoms with Crippen molar-refractivity contribution < 1.29 is 4.79 Å². The number of fused-ring (bicyclic) bond motifs is 1. The molecule has 2 aliphatic rings. The maximum Gasteiger partial charge on any atom is 0.222 e. The van der Waals surface area contributed by atoms with Crippen LogP contribution in [-0.2, 0) is 17.6 Å². The number of benzene rings is 1. The monoisotopic (exact) mass is 300 g/mol. The lowest BCUT2D eigenvalue weighted by molar-refractivity contribution is -0.132. The highest BCUT2D eigenvalue weighted by Gasteiger charge is 2.25. The van der Waals surface area contributed by atoms with Crippen LogP contribution in [0.5, 0.6) is 0 Å². The zero-order valence-electron chi connectivity index (χ0n) is 13.7. The van der Waals surface area contributed by atoms with Gasteiger partial charge in [-0.3, -0.25) is 4.79 Å². The fourth-order valence-corrected chi connectivity index (χ4v) is 3.89. The largest absolute Gasteiger partial charge is 0.342 e. The lowest BCUT2D eigenvalue weighted by Crippen LogP contribution is -2.40. The summed E-state index contributed by atoms with van der Waals surface area (Å²) < 4.78 is 0. The molecule has 22 heavy (non-hydrogen) atoms. The van der Waals surface area contributed by atoms with Gasteiger partial charge in [-0.25, -0.2) is 0 Å². The van der Waals surface area contributed by atoms with Crippen LogP contribution in [0.1, 0.15) is 43.2 Å². The molecule has 1 aliphatic carbocycles. The minimum Gasteiger partial charge on any atom is -0.342 e. The first-order valence-corrected chi connectivity index (χ1v) is 8.77. The fraction of sp³-hybridized carbons (Fsp3) is 0.632. The van der Waals surface area contributed by atoms with Crippen LogP contribution in [0.2, 0.25) is 0 Å². The molecule has 0 radical (unpaired) electrons. The predicted molar refractivity (Wildman–Crippen MR) is 89.9 cm³/mol. The zero-order chi connectivity index (χ0) is 15.4. The predicted octanol–water partition coefficient (Wildman–Crippen LogP) is 2.78. The Hall–Kier alpha value is -1.35. The normalized spacial score (nSPS) is 22.1. The summed E-state index contributed by atoms with van der Waals surface area (Å²) in [5.74, 6) is 1.08. The molecule has 3 nitrogen and oxygen atoms in total. The number of nitrogens with one attached hydrogen (secondary N) is 1. The molecule has 1 aromatic rings. The van der Waals surface area contributed by atoms with Crippen LogP contribution in [0.25, 0.3) is 0 Å². The van der Waals surface area contributed by atoms with E-state index >= 15 is 0 Å². The van der Waals surface area contributed by atoms with E-state index in [1.807, 2.05) is 11.9 Å². The smallest absolute Gasteiger partial charge is 0.222 e. The Bertz CT molecular complexity index is 508. The number of rotatable bonds is 4. The molecule has 1 fully saturated rings. The van der Waals surface area contributed by atoms with Gasteiger partial charge in [0.15, 0.2) is 0 Å². The van der Waals surface area contributed by atoms with E-state index in [2.05, 4.69) is 29.6 Å². The third-order valence-electron chi connectivity index (χ3n) is 5.49. The summed E-state index contributed by atoms with van der Waals surface area (Å²) in [4.78, 5) is 14.5. The van der Waals surface area contributed by atoms with Gasteiger partial charge in [-0.05, 0) is 68.7 Å². The lowest BCUT2D eigenvalue weighted by Gasteiger charge is -2.33. The summed E-state index contributed by atoms with van der Waals surface area (Å²) in [7, 11) is 2.00. The molecular weight excluding hydrogens is 272 g/mol. The molecule has 3 rings (SSSR count). The van der Waals surface area contributed by atoms with Crippen molar-refractivity contribution in [3.63, 3.8) is 0 Å². The van der Waals surface area contributed by atoms with Crippen molar-refractivity contribution in [2.75, 3.05) is 20.1 Å². The van der Waals surface area contributed by atoms with Gasteiger partial charge in [0, 0.05) is 19.5 Å². The molecule has 1 heterocycles. The topological polar surface area (TPSA) is 32.3 Å². The first kappa shape index (κ1) is 15.5. The van der Waals surface area contributed by atoms with E-state index in [9.17, 15) is 4.79 Å². The Kier molecular flexibility index (Phi) is 5.14. The summed E-state index contributed by atoms with van der Waals surface area (Å²) >= 11 is 0. The van der Waals surface area contributed by atoms with Crippen molar-refractivity contribution in [3.05, 3.63) is 35.4 Å². The number of carbonyl (C=O) groups excluding carboxylic acids is 1. The van der Waals surface area contributed by atoms with Gasteiger partial charge >= 0.3 is 0 Å². The summed E-state index contributed by atoms with van der Waals surface area (Å²) in [6.45, 7) is 2.24. The number of amides is 1. The molecule has 1 aliphatic heterocycles. The molecule has 1 aromatic carbocycles. The van der Waals surface area contributed by atoms with Crippen LogP contribution in [0.15, 0.2) is 24.3 Å². The highest BCUT2D eigenvalue weighted by molar-refractivity contribution is 5.76. The van der Waals surface area contributed by atoms with Gasteiger partial charge < -0.3 is 10.2 Å². The third kappa shape index (κ3) is 3.70. The van der Waals surface area contributed by atoms with Crippen LogP contribution in [0.4, 0.5) is 0 Å². The van der Waals surface area contributed by atoms with Gasteiger partial charge in [0.05, 0.1) is 0 Å². The molecule has 1 N–H and O–H groups in total. The Morgan fingerprint density at radius 2 is 1.91 bits per heavy atom. The molecule has 0 bridgehead atoms. The maximum atomic E-state index is 12.5. The van der Waals surface area contributed by atoms with Gasteiger partial charge in [-0.1, -0.05) is 24.3 Å². The van der Waals surface area contributed by atoms with E-state index in [4.69, 9.17) is 0 Å². The molecule has 120 valence electrons. The van der Waals surface area contributed by atoms with E-state index in [0.29, 0.717) is 11.9 Å². The molecule has 1 amide bonds. The van der Waals surface area contributed by atoms with Gasteiger partial charge in [-0.15, -0.1) is 0 Å². The van der Waals surface area contributed by atoms with Crippen LogP contribution < -0.4 is 5.32 Å². The first-order valence-electron chi connectivity index (χ1n) is 8.77. The highest BCUT2D eigenvalue weighted by atomic mass is 16.2. The quantitative estimate of drug-likeness (QED) is 0.927. The molecule has 0 spiro atoms. The molecule has 3 heteroatoms. The number of piperidine rings is 1. The Morgan fingerprint density at radius 3 is 2.68 bits per heavy atom. The standard InChI is InChI=1S/C19H28N2O/c1-21(19(22)9-6-15-10-12-20-13-11-15)18-8-7-16-4-2-3-5-17(16)14-18/h2-5,15,18,20H,6-14H2,1H3. The minimum atomic E-state index is 0.336. The number of aryl methyl sites for hydroxylation is 1. The van der Waals surface area contributed by atoms with Crippen LogP contribution in [-0.4, -0.2) is 37.0 Å². The van der Waals surface area contributed by atoms with Gasteiger partial charge in [0.25, 0.3) is 0 Å². The lowest BCUT2D eigenvalue weighted by atomic mass is 9.87. The summed E-state index contributed by atoms with van der Waals surface area (Å²) in [6, 6.07) is 9.06. The van der Waals surface area contributed by atoms with E-state index in [-0.39, 0.29) is 0 Å². The average molecular weight is 300 g/mol. The molecule has 1 saturated heterocycles. The molecule has 1 atom stereocenters. The molecule has 0 aromatic heterocycles. The van der Waals surface area contributed by atoms with Crippen LogP contribution >= 0.6 is 0 Å². The molecule has 1 unspecified atom stereocenters. The number of nitrogens with zero attached hydrogens (tertiary/aromatic N) is 1. The van der Waals surface area contributed by atoms with E-state index in [0.717, 1.165) is 51.1 Å². The second kappa shape index (κ2) is 7.28. The summed E-state index contributed by atoms with van der Waals surface area (Å²) in [6.07, 6.45) is 7.47. The Balaban J connectivity index is 1.50. The number of hydrogen-bond donors (Lipinski definition) is 1. The van der Waals surface area contributed by atoms with Crippen molar-refractivity contribution in [1.82, 2.24) is 10.2 Å². The highest BCUT2D eigenvalue weighted by Crippen LogP contribution is 2.25. The van der Waals surface area contributed by atoms with E-state index in [1.54, 1.807) is 0 Å². The van der Waals surface area contributed by atoms with Crippen molar-refractivity contribution >= 4 is 5.91 Å². The zero-order valence-corrected chi connectivity index (χ0v) is 13.7. The Morgan fingerprint density at radius 1 is 1.18 bits per heavy atom. The molecular formula is C19H28N2O. The average Bonchev–Trinajstić information content (AvgIpc) is 2.59. The number of carbonyl (C=O) groups is 1. The van der Waals surface area contributed by atoms with Gasteiger partial charge in [-0.2, -0.15) is 0 Å². The Labute approximate surface area is 134 Å². The van der Waals surface area contributed by atoms with Crippen molar-refractivity contribution in [3.8, 4) is 0 Å². The maximum absolute atomic E-state index is 12.5. The van der Waals surface area contributed by atoms with E-state index in [1.165, 1.54) is 24.0 Å². The van der Waals surface area contributed by atoms with Gasteiger partial charge in [0.1, 0.15) is 0 Å². The van der Waals surface area contributed by atoms with Crippen molar-refractivity contribution in [1.29, 1.82) is 0 Å². The van der Waals surface area contributed by atoms with Crippen molar-refractivity contribution in [2.45, 2.75) is 51.0 Å². The minimum absolute atomic E-state index is 0.336. The number of hydrogen-bond acceptors (Lipinski definition) is 2. The van der Waals surface area contributed by atoms with Crippen LogP contribution in [0, 0.1) is 5.92 Å². The second-order valence-corrected chi connectivity index (χ2v) is 6.90. The second-order valence-electron chi connectivity index (χ2n) is 6.90. The summed E-state index contributed by atoms with van der Waals surface area (Å²) in [5, 5.41) is 3.39. The number of likely N-dealkylation sites (N-methyl/N-ethyl adjacent to an activating group) is 1. The fourth-order valence-electron chi connectivity index (χ4n) is 3.89. The van der Waals surface area contributed by atoms with Gasteiger partial charge in [0.2, 0.25) is 5.91 Å². The first-order chi connectivity index (χ1) is 10.7. The SMILES string of the molecule is CN(C(=O)CCC1CCNCC1)C1CCc2ccccc2C1. The third-order valence-corrected chi connectivity index (χ3v) is 5.49. The van der Waals surface area contributed by atoms with E-state index < -0.39 is 0 Å². The van der Waals surface area contributed by atoms with Crippen LogP contribution in [0.3, 0.4) is 0 Å². The van der Waals surface area contributed by atoms with Crippen molar-refractivity contribution in [2.24, 2.45) is 5.92 Å².